The highest BCUT2D eigenvalue weighted by molar-refractivity contribution is 5.87. The molecule has 1 heterocycles. The van der Waals surface area contributed by atoms with E-state index in [0.717, 1.165) is 5.56 Å². The van der Waals surface area contributed by atoms with Crippen molar-refractivity contribution in [3.8, 4) is 11.5 Å². The van der Waals surface area contributed by atoms with Gasteiger partial charge in [0.2, 0.25) is 5.95 Å². The molecule has 0 saturated heterocycles. The van der Waals surface area contributed by atoms with Gasteiger partial charge in [-0.2, -0.15) is 10.1 Å². The smallest absolute Gasteiger partial charge is 0.321 e. The van der Waals surface area contributed by atoms with Crippen molar-refractivity contribution in [3.63, 3.8) is 0 Å². The average Bonchev–Trinajstić information content (AvgIpc) is 2.99. The van der Waals surface area contributed by atoms with Crippen molar-refractivity contribution in [1.29, 1.82) is 0 Å². The molecule has 0 fully saturated rings. The molecule has 0 saturated carbocycles. The van der Waals surface area contributed by atoms with Crippen LogP contribution >= 0.6 is 0 Å². The number of urea groups is 1. The summed E-state index contributed by atoms with van der Waals surface area (Å²) >= 11 is 0. The van der Waals surface area contributed by atoms with Crippen LogP contribution in [0, 0.1) is 0 Å². The quantitative estimate of drug-likeness (QED) is 0.742. The highest BCUT2D eigenvalue weighted by atomic mass is 16.5. The van der Waals surface area contributed by atoms with Gasteiger partial charge in [-0.25, -0.2) is 9.89 Å². The van der Waals surface area contributed by atoms with Gasteiger partial charge in [0.25, 0.3) is 0 Å². The molecule has 1 aromatic carbocycles. The SMILES string of the molecule is COc1ccc(CCNC(=O)Nc2ncn[nH]2)cc1OC. The molecule has 0 radical (unpaired) electrons. The van der Waals surface area contributed by atoms with Crippen LogP contribution in [0.15, 0.2) is 24.5 Å². The lowest BCUT2D eigenvalue weighted by Gasteiger charge is -2.10. The molecular weight excluding hydrogens is 274 g/mol. The minimum atomic E-state index is -0.341. The molecule has 2 amide bonds. The maximum absolute atomic E-state index is 11.6. The highest BCUT2D eigenvalue weighted by Gasteiger charge is 2.06. The van der Waals surface area contributed by atoms with Crippen molar-refractivity contribution in [2.75, 3.05) is 26.1 Å². The van der Waals surface area contributed by atoms with Gasteiger partial charge in [0.1, 0.15) is 6.33 Å². The van der Waals surface area contributed by atoms with Gasteiger partial charge in [-0.1, -0.05) is 6.07 Å². The molecule has 1 aromatic heterocycles. The number of carbonyl (C=O) groups is 1. The Balaban J connectivity index is 1.81. The molecular formula is C13H17N5O3. The fraction of sp³-hybridized carbons (Fsp3) is 0.308. The molecule has 3 N–H and O–H groups in total. The maximum atomic E-state index is 11.6. The predicted octanol–water partition coefficient (Wildman–Crippen LogP) is 1.19. The Morgan fingerprint density at radius 1 is 1.29 bits per heavy atom. The second-order valence-corrected chi connectivity index (χ2v) is 4.15. The largest absolute Gasteiger partial charge is 0.493 e. The Kier molecular flexibility index (Phi) is 4.97. The number of benzene rings is 1. The Morgan fingerprint density at radius 2 is 2.10 bits per heavy atom. The lowest BCUT2D eigenvalue weighted by Crippen LogP contribution is -2.30. The van der Waals surface area contributed by atoms with Crippen molar-refractivity contribution >= 4 is 12.0 Å². The summed E-state index contributed by atoms with van der Waals surface area (Å²) in [5.41, 5.74) is 1.03. The summed E-state index contributed by atoms with van der Waals surface area (Å²) in [6.07, 6.45) is 1.99. The topological polar surface area (TPSA) is 101 Å². The van der Waals surface area contributed by atoms with Crippen molar-refractivity contribution < 1.29 is 14.3 Å². The van der Waals surface area contributed by atoms with Crippen molar-refractivity contribution in [3.05, 3.63) is 30.1 Å². The predicted molar refractivity (Wildman–Crippen MR) is 76.7 cm³/mol. The molecule has 8 heteroatoms. The normalized spacial score (nSPS) is 10.0. The fourth-order valence-corrected chi connectivity index (χ4v) is 1.77. The number of nitrogens with zero attached hydrogens (tertiary/aromatic N) is 2. The number of nitrogens with one attached hydrogen (secondary N) is 3. The summed E-state index contributed by atoms with van der Waals surface area (Å²) in [6.45, 7) is 0.482. The van der Waals surface area contributed by atoms with Gasteiger partial charge >= 0.3 is 6.03 Å². The highest BCUT2D eigenvalue weighted by Crippen LogP contribution is 2.27. The average molecular weight is 291 g/mol. The molecule has 0 aliphatic heterocycles. The summed E-state index contributed by atoms with van der Waals surface area (Å²) in [6, 6.07) is 5.31. The van der Waals surface area contributed by atoms with Crippen LogP contribution in [0.3, 0.4) is 0 Å². The van der Waals surface area contributed by atoms with Crippen LogP contribution in [0.2, 0.25) is 0 Å². The lowest BCUT2D eigenvalue weighted by atomic mass is 10.1. The molecule has 0 atom stereocenters. The molecule has 2 rings (SSSR count). The Hall–Kier alpha value is -2.77. The lowest BCUT2D eigenvalue weighted by molar-refractivity contribution is 0.252. The number of hydrogen-bond donors (Lipinski definition) is 3. The zero-order valence-electron chi connectivity index (χ0n) is 11.8. The van der Waals surface area contributed by atoms with E-state index in [1.165, 1.54) is 6.33 Å². The van der Waals surface area contributed by atoms with Crippen LogP contribution in [0.25, 0.3) is 0 Å². The van der Waals surface area contributed by atoms with Gasteiger partial charge in [0.05, 0.1) is 14.2 Å². The summed E-state index contributed by atoms with van der Waals surface area (Å²) in [5.74, 6) is 1.65. The molecule has 0 aliphatic rings. The third-order valence-corrected chi connectivity index (χ3v) is 2.79. The molecule has 21 heavy (non-hydrogen) atoms. The molecule has 112 valence electrons. The number of ether oxygens (including phenoxy) is 2. The van der Waals surface area contributed by atoms with Gasteiger partial charge in [-0.15, -0.1) is 0 Å². The molecule has 0 spiro atoms. The van der Waals surface area contributed by atoms with E-state index >= 15 is 0 Å². The first-order valence-corrected chi connectivity index (χ1v) is 6.34. The van der Waals surface area contributed by atoms with Gasteiger partial charge in [-0.3, -0.25) is 5.32 Å². The van der Waals surface area contributed by atoms with E-state index in [1.54, 1.807) is 14.2 Å². The number of rotatable bonds is 6. The van der Waals surface area contributed by atoms with Crippen LogP contribution in [-0.4, -0.2) is 42.0 Å². The standard InChI is InChI=1S/C13H17N5O3/c1-20-10-4-3-9(7-11(10)21-2)5-6-14-13(19)17-12-15-8-16-18-12/h3-4,7-8H,5-6H2,1-2H3,(H3,14,15,16,17,18,19). The van der Waals surface area contributed by atoms with E-state index in [4.69, 9.17) is 9.47 Å². The summed E-state index contributed by atoms with van der Waals surface area (Å²) in [7, 11) is 3.18. The van der Waals surface area contributed by atoms with Gasteiger partial charge in [-0.05, 0) is 24.1 Å². The van der Waals surface area contributed by atoms with Gasteiger partial charge in [0, 0.05) is 6.54 Å². The van der Waals surface area contributed by atoms with Crippen molar-refractivity contribution in [1.82, 2.24) is 20.5 Å². The number of anilines is 1. The minimum Gasteiger partial charge on any atom is -0.493 e. The first-order valence-electron chi connectivity index (χ1n) is 6.34. The number of H-pyrrole nitrogens is 1. The molecule has 0 bridgehead atoms. The maximum Gasteiger partial charge on any atom is 0.321 e. The minimum absolute atomic E-state index is 0.304. The van der Waals surface area contributed by atoms with E-state index in [9.17, 15) is 4.79 Å². The van der Waals surface area contributed by atoms with E-state index < -0.39 is 0 Å². The van der Waals surface area contributed by atoms with Crippen LogP contribution in [-0.2, 0) is 6.42 Å². The summed E-state index contributed by atoms with van der Waals surface area (Å²) in [5, 5.41) is 11.4. The van der Waals surface area contributed by atoms with Crippen LogP contribution in [0.4, 0.5) is 10.7 Å². The Labute approximate surface area is 121 Å². The van der Waals surface area contributed by atoms with E-state index in [0.29, 0.717) is 30.4 Å². The number of hydrogen-bond acceptors (Lipinski definition) is 5. The molecule has 2 aromatic rings. The van der Waals surface area contributed by atoms with Crippen LogP contribution in [0.1, 0.15) is 5.56 Å². The van der Waals surface area contributed by atoms with Crippen LogP contribution < -0.4 is 20.1 Å². The van der Waals surface area contributed by atoms with Gasteiger partial charge < -0.3 is 14.8 Å². The zero-order chi connectivity index (χ0) is 15.1. The molecule has 0 aliphatic carbocycles. The molecule has 0 unspecified atom stereocenters. The first kappa shape index (κ1) is 14.6. The second kappa shape index (κ2) is 7.13. The zero-order valence-corrected chi connectivity index (χ0v) is 11.8. The third kappa shape index (κ3) is 4.10. The monoisotopic (exact) mass is 291 g/mol. The van der Waals surface area contributed by atoms with Crippen molar-refractivity contribution in [2.45, 2.75) is 6.42 Å². The Morgan fingerprint density at radius 3 is 2.76 bits per heavy atom. The number of amides is 2. The number of aromatic nitrogens is 3. The molecule has 8 nitrogen and oxygen atoms in total. The number of methoxy groups -OCH3 is 2. The van der Waals surface area contributed by atoms with Crippen LogP contribution in [0.5, 0.6) is 11.5 Å². The van der Waals surface area contributed by atoms with E-state index in [2.05, 4.69) is 25.8 Å². The summed E-state index contributed by atoms with van der Waals surface area (Å²) < 4.78 is 10.4. The van der Waals surface area contributed by atoms with E-state index in [-0.39, 0.29) is 6.03 Å². The Bertz CT molecular complexity index is 585. The number of aromatic amines is 1. The van der Waals surface area contributed by atoms with Crippen molar-refractivity contribution in [2.24, 2.45) is 0 Å². The second-order valence-electron chi connectivity index (χ2n) is 4.15. The van der Waals surface area contributed by atoms with E-state index in [1.807, 2.05) is 18.2 Å². The summed E-state index contributed by atoms with van der Waals surface area (Å²) in [4.78, 5) is 15.4. The first-order chi connectivity index (χ1) is 10.2. The van der Waals surface area contributed by atoms with Gasteiger partial charge in [0.15, 0.2) is 11.5 Å². The fourth-order valence-electron chi connectivity index (χ4n) is 1.77. The number of carbonyl (C=O) groups excluding carboxylic acids is 1. The third-order valence-electron chi connectivity index (χ3n) is 2.79.